The van der Waals surface area contributed by atoms with Crippen molar-refractivity contribution >= 4 is 5.97 Å². The maximum atomic E-state index is 11.1. The molecule has 120 valence electrons. The van der Waals surface area contributed by atoms with Crippen LogP contribution >= 0.6 is 0 Å². The van der Waals surface area contributed by atoms with E-state index in [4.69, 9.17) is 9.84 Å². The molecule has 0 radical (unpaired) electrons. The summed E-state index contributed by atoms with van der Waals surface area (Å²) in [6.07, 6.45) is -0.395. The van der Waals surface area contributed by atoms with Gasteiger partial charge in [-0.25, -0.2) is 0 Å². The van der Waals surface area contributed by atoms with Gasteiger partial charge in [0.1, 0.15) is 11.9 Å². The third-order valence-electron chi connectivity index (χ3n) is 2.37. The fraction of sp³-hybridized carbons (Fsp3) is 0.562. The molecule has 1 unspecified atom stereocenters. The van der Waals surface area contributed by atoms with Crippen LogP contribution in [0.25, 0.3) is 0 Å². The van der Waals surface area contributed by atoms with E-state index in [-0.39, 0.29) is 23.9 Å². The second-order valence-electron chi connectivity index (χ2n) is 5.64. The molecule has 0 amide bonds. The molecule has 1 atom stereocenters. The Hall–Kier alpha value is -1.59. The average Bonchev–Trinajstić information content (AvgIpc) is 2.34. The van der Waals surface area contributed by atoms with Gasteiger partial charge in [0, 0.05) is 25.6 Å². The quantitative estimate of drug-likeness (QED) is 0.744. The number of esters is 1. The fourth-order valence-electron chi connectivity index (χ4n) is 1.55. The van der Waals surface area contributed by atoms with Gasteiger partial charge in [-0.2, -0.15) is 0 Å². The minimum Gasteiger partial charge on any atom is -0.508 e. The van der Waals surface area contributed by atoms with Crippen molar-refractivity contribution in [1.29, 1.82) is 0 Å². The van der Waals surface area contributed by atoms with Gasteiger partial charge in [0.15, 0.2) is 0 Å². The molecular weight excluding hydrogens is 270 g/mol. The zero-order valence-electron chi connectivity index (χ0n) is 13.5. The maximum Gasteiger partial charge on any atom is 0.303 e. The van der Waals surface area contributed by atoms with Crippen molar-refractivity contribution in [2.24, 2.45) is 0 Å². The summed E-state index contributed by atoms with van der Waals surface area (Å²) >= 11 is 0. The van der Waals surface area contributed by atoms with Crippen molar-refractivity contribution in [3.8, 4) is 5.75 Å². The molecule has 1 aromatic rings. The van der Waals surface area contributed by atoms with Crippen molar-refractivity contribution in [1.82, 2.24) is 5.32 Å². The van der Waals surface area contributed by atoms with Crippen LogP contribution in [-0.2, 0) is 9.53 Å². The summed E-state index contributed by atoms with van der Waals surface area (Å²) in [4.78, 5) is 11.1. The Labute approximate surface area is 127 Å². The largest absolute Gasteiger partial charge is 0.508 e. The third kappa shape index (κ3) is 9.87. The molecule has 3 N–H and O–H groups in total. The van der Waals surface area contributed by atoms with Gasteiger partial charge in [0.05, 0.1) is 0 Å². The van der Waals surface area contributed by atoms with Crippen LogP contribution < -0.4 is 5.32 Å². The number of hydrogen-bond donors (Lipinski definition) is 3. The predicted molar refractivity (Wildman–Crippen MR) is 83.1 cm³/mol. The molecule has 0 aromatic heterocycles. The van der Waals surface area contributed by atoms with Gasteiger partial charge in [-0.05, 0) is 45.4 Å². The monoisotopic (exact) mass is 297 g/mol. The number of nitrogens with one attached hydrogen (secondary N) is 1. The number of carbonyl (C=O) groups excluding carboxylic acids is 1. The molecule has 0 aliphatic heterocycles. The lowest BCUT2D eigenvalue weighted by molar-refractivity contribution is -0.146. The van der Waals surface area contributed by atoms with Crippen LogP contribution in [0.4, 0.5) is 0 Å². The van der Waals surface area contributed by atoms with Crippen LogP contribution in [-0.4, -0.2) is 34.9 Å². The second-order valence-corrected chi connectivity index (χ2v) is 5.64. The lowest BCUT2D eigenvalue weighted by Crippen LogP contribution is -2.39. The highest BCUT2D eigenvalue weighted by Gasteiger charge is 2.18. The van der Waals surface area contributed by atoms with E-state index in [1.165, 1.54) is 6.92 Å². The van der Waals surface area contributed by atoms with Gasteiger partial charge in [-0.1, -0.05) is 12.1 Å². The minimum atomic E-state index is -0.395. The van der Waals surface area contributed by atoms with Crippen LogP contribution in [0.5, 0.6) is 5.75 Å². The Bertz CT molecular complexity index is 427. The number of aromatic hydroxyl groups is 1. The second kappa shape index (κ2) is 9.37. The lowest BCUT2D eigenvalue weighted by Gasteiger charge is -2.25. The molecule has 21 heavy (non-hydrogen) atoms. The van der Waals surface area contributed by atoms with E-state index in [0.717, 1.165) is 5.56 Å². The van der Waals surface area contributed by atoms with Gasteiger partial charge in [-0.15, -0.1) is 0 Å². The van der Waals surface area contributed by atoms with E-state index < -0.39 is 6.10 Å². The highest BCUT2D eigenvalue weighted by molar-refractivity contribution is 5.66. The molecule has 0 saturated heterocycles. The van der Waals surface area contributed by atoms with Crippen LogP contribution in [0.2, 0.25) is 0 Å². The zero-order valence-corrected chi connectivity index (χ0v) is 13.5. The van der Waals surface area contributed by atoms with Crippen LogP contribution in [0.1, 0.15) is 46.3 Å². The molecular formula is C16H27NO4. The third-order valence-corrected chi connectivity index (χ3v) is 2.37. The van der Waals surface area contributed by atoms with E-state index in [9.17, 15) is 9.90 Å². The SMILES string of the molecule is CC(=O)OC(CNC(C)(C)C)c1cccc(O)c1.CCO. The van der Waals surface area contributed by atoms with Crippen molar-refractivity contribution in [2.45, 2.75) is 46.3 Å². The van der Waals surface area contributed by atoms with Crippen molar-refractivity contribution in [3.05, 3.63) is 29.8 Å². The summed E-state index contributed by atoms with van der Waals surface area (Å²) in [6, 6.07) is 6.76. The van der Waals surface area contributed by atoms with Gasteiger partial charge in [-0.3, -0.25) is 4.79 Å². The van der Waals surface area contributed by atoms with E-state index >= 15 is 0 Å². The predicted octanol–water partition coefficient (Wildman–Crippen LogP) is 2.38. The molecule has 0 saturated carbocycles. The number of aliphatic hydroxyl groups excluding tert-OH is 1. The fourth-order valence-corrected chi connectivity index (χ4v) is 1.55. The Morgan fingerprint density at radius 3 is 2.38 bits per heavy atom. The molecule has 0 heterocycles. The summed E-state index contributed by atoms with van der Waals surface area (Å²) in [5.74, 6) is -0.167. The van der Waals surface area contributed by atoms with Gasteiger partial charge < -0.3 is 20.3 Å². The number of aliphatic hydroxyl groups is 1. The minimum absolute atomic E-state index is 0.0603. The molecule has 5 heteroatoms. The number of hydrogen-bond acceptors (Lipinski definition) is 5. The number of benzene rings is 1. The first kappa shape index (κ1) is 19.4. The Morgan fingerprint density at radius 2 is 1.95 bits per heavy atom. The molecule has 0 aliphatic carbocycles. The van der Waals surface area contributed by atoms with E-state index in [1.807, 2.05) is 26.8 Å². The Balaban J connectivity index is 0.00000122. The Morgan fingerprint density at radius 1 is 1.38 bits per heavy atom. The van der Waals surface area contributed by atoms with Crippen molar-refractivity contribution in [3.63, 3.8) is 0 Å². The van der Waals surface area contributed by atoms with Gasteiger partial charge in [0.2, 0.25) is 0 Å². The molecule has 0 bridgehead atoms. The molecule has 1 rings (SSSR count). The topological polar surface area (TPSA) is 78.8 Å². The summed E-state index contributed by atoms with van der Waals surface area (Å²) in [7, 11) is 0. The molecule has 5 nitrogen and oxygen atoms in total. The maximum absolute atomic E-state index is 11.1. The zero-order chi connectivity index (χ0) is 16.5. The first-order valence-corrected chi connectivity index (χ1v) is 7.01. The molecule has 1 aromatic carbocycles. The Kier molecular flexibility index (Phi) is 8.66. The van der Waals surface area contributed by atoms with Gasteiger partial charge >= 0.3 is 5.97 Å². The standard InChI is InChI=1S/C14H21NO3.C2H6O/c1-10(16)18-13(9-15-14(2,3)4)11-6-5-7-12(17)8-11;1-2-3/h5-8,13,15,17H,9H2,1-4H3;3H,2H2,1H3. The average molecular weight is 297 g/mol. The lowest BCUT2D eigenvalue weighted by atomic mass is 10.1. The highest BCUT2D eigenvalue weighted by Crippen LogP contribution is 2.21. The van der Waals surface area contributed by atoms with Crippen LogP contribution in [0.3, 0.4) is 0 Å². The van der Waals surface area contributed by atoms with Crippen LogP contribution in [0, 0.1) is 0 Å². The molecule has 0 aliphatic rings. The summed E-state index contributed by atoms with van der Waals surface area (Å²) in [5, 5.41) is 20.3. The number of phenolic OH excluding ortho intramolecular Hbond substituents is 1. The van der Waals surface area contributed by atoms with Crippen LogP contribution in [0.15, 0.2) is 24.3 Å². The number of phenols is 1. The number of ether oxygens (including phenoxy) is 1. The number of rotatable bonds is 4. The van der Waals surface area contributed by atoms with E-state index in [2.05, 4.69) is 5.32 Å². The van der Waals surface area contributed by atoms with Crippen molar-refractivity contribution < 1.29 is 19.7 Å². The first-order valence-electron chi connectivity index (χ1n) is 7.01. The summed E-state index contributed by atoms with van der Waals surface area (Å²) in [5.41, 5.74) is 0.719. The van der Waals surface area contributed by atoms with E-state index in [0.29, 0.717) is 6.54 Å². The first-order chi connectivity index (χ1) is 9.69. The van der Waals surface area contributed by atoms with E-state index in [1.54, 1.807) is 25.1 Å². The smallest absolute Gasteiger partial charge is 0.303 e. The van der Waals surface area contributed by atoms with Crippen molar-refractivity contribution in [2.75, 3.05) is 13.2 Å². The molecule has 0 spiro atoms. The highest BCUT2D eigenvalue weighted by atomic mass is 16.5. The summed E-state index contributed by atoms with van der Waals surface area (Å²) < 4.78 is 5.27. The number of carbonyl (C=O) groups is 1. The van der Waals surface area contributed by atoms with Gasteiger partial charge in [0.25, 0.3) is 0 Å². The summed E-state index contributed by atoms with van der Waals surface area (Å²) in [6.45, 7) is 9.94. The normalized spacial score (nSPS) is 12.1. The molecule has 0 fully saturated rings.